The molecular formula is C22H28N2O4. The van der Waals surface area contributed by atoms with Gasteiger partial charge in [0.1, 0.15) is 11.2 Å². The standard InChI is InChI=1S/C22H28N2O4/c1-5-13-11-23(2)19-10-22(20-9-15(13)16(19)12-28-20)17-7-6-14(26-3)8-18(17)24(27-4)21(22)25/h5-8,15-16,19-20H,9-12H2,1-4H3. The average Bonchev–Trinajstić information content (AvgIpc) is 2.82. The molecule has 4 heterocycles. The first-order valence-electron chi connectivity index (χ1n) is 10.1. The molecule has 0 N–H and O–H groups in total. The van der Waals surface area contributed by atoms with E-state index in [0.29, 0.717) is 17.9 Å². The summed E-state index contributed by atoms with van der Waals surface area (Å²) in [7, 11) is 5.37. The zero-order chi connectivity index (χ0) is 19.6. The molecule has 6 rings (SSSR count). The Morgan fingerprint density at radius 2 is 2.14 bits per heavy atom. The van der Waals surface area contributed by atoms with E-state index in [9.17, 15) is 4.79 Å². The highest BCUT2D eigenvalue weighted by atomic mass is 16.7. The first-order valence-corrected chi connectivity index (χ1v) is 10.1. The molecule has 6 nitrogen and oxygen atoms in total. The predicted octanol–water partition coefficient (Wildman–Crippen LogP) is 2.53. The lowest BCUT2D eigenvalue weighted by atomic mass is 9.72. The van der Waals surface area contributed by atoms with Crippen LogP contribution in [0.4, 0.5) is 5.69 Å². The zero-order valence-electron chi connectivity index (χ0n) is 17.0. The third-order valence-corrected chi connectivity index (χ3v) is 7.55. The van der Waals surface area contributed by atoms with E-state index in [2.05, 4.69) is 24.9 Å². The van der Waals surface area contributed by atoms with E-state index >= 15 is 0 Å². The van der Waals surface area contributed by atoms with Crippen LogP contribution in [0.15, 0.2) is 29.8 Å². The van der Waals surface area contributed by atoms with Gasteiger partial charge in [-0.3, -0.25) is 14.5 Å². The van der Waals surface area contributed by atoms with Crippen LogP contribution in [0, 0.1) is 11.8 Å². The molecule has 5 atom stereocenters. The van der Waals surface area contributed by atoms with E-state index in [-0.39, 0.29) is 12.0 Å². The van der Waals surface area contributed by atoms with Crippen LogP contribution in [0.2, 0.25) is 0 Å². The molecule has 1 amide bonds. The lowest BCUT2D eigenvalue weighted by Gasteiger charge is -2.46. The number of allylic oxidation sites excluding steroid dienone is 1. The van der Waals surface area contributed by atoms with E-state index in [1.54, 1.807) is 14.2 Å². The van der Waals surface area contributed by atoms with Gasteiger partial charge in [-0.05, 0) is 44.4 Å². The Balaban J connectivity index is 1.69. The minimum Gasteiger partial charge on any atom is -0.497 e. The maximum atomic E-state index is 13.8. The fourth-order valence-corrected chi connectivity index (χ4v) is 6.17. The van der Waals surface area contributed by atoms with Crippen LogP contribution in [0.25, 0.3) is 0 Å². The Kier molecular flexibility index (Phi) is 4.09. The fraction of sp³-hybridized carbons (Fsp3) is 0.591. The van der Waals surface area contributed by atoms with Crippen molar-refractivity contribution in [1.29, 1.82) is 0 Å². The first-order chi connectivity index (χ1) is 13.5. The number of methoxy groups -OCH3 is 1. The number of piperidine rings is 1. The lowest BCUT2D eigenvalue weighted by Crippen LogP contribution is -2.50. The van der Waals surface area contributed by atoms with Gasteiger partial charge in [0.15, 0.2) is 0 Å². The summed E-state index contributed by atoms with van der Waals surface area (Å²) in [5, 5.41) is 1.44. The molecule has 0 radical (unpaired) electrons. The van der Waals surface area contributed by atoms with E-state index in [0.717, 1.165) is 43.0 Å². The number of benzene rings is 1. The topological polar surface area (TPSA) is 51.2 Å². The summed E-state index contributed by atoms with van der Waals surface area (Å²) in [6.45, 7) is 3.83. The predicted molar refractivity (Wildman–Crippen MR) is 105 cm³/mol. The van der Waals surface area contributed by atoms with Crippen LogP contribution in [-0.2, 0) is 19.8 Å². The fourth-order valence-electron chi connectivity index (χ4n) is 6.17. The third kappa shape index (κ3) is 2.17. The summed E-state index contributed by atoms with van der Waals surface area (Å²) >= 11 is 0. The van der Waals surface area contributed by atoms with Crippen molar-refractivity contribution in [3.05, 3.63) is 35.4 Å². The molecule has 1 aromatic rings. The highest BCUT2D eigenvalue weighted by Gasteiger charge is 2.64. The summed E-state index contributed by atoms with van der Waals surface area (Å²) in [4.78, 5) is 21.8. The van der Waals surface area contributed by atoms with Gasteiger partial charge < -0.3 is 9.47 Å². The number of fused-ring (bicyclic) bond motifs is 2. The molecular weight excluding hydrogens is 356 g/mol. The van der Waals surface area contributed by atoms with E-state index in [4.69, 9.17) is 14.3 Å². The molecule has 3 saturated heterocycles. The van der Waals surface area contributed by atoms with Crippen LogP contribution in [0.5, 0.6) is 5.75 Å². The van der Waals surface area contributed by atoms with Crippen LogP contribution < -0.4 is 9.80 Å². The van der Waals surface area contributed by atoms with Gasteiger partial charge in [-0.2, -0.15) is 5.06 Å². The van der Waals surface area contributed by atoms with Gasteiger partial charge in [-0.15, -0.1) is 0 Å². The molecule has 1 saturated carbocycles. The lowest BCUT2D eigenvalue weighted by molar-refractivity contribution is -0.137. The Bertz CT molecular complexity index is 853. The number of likely N-dealkylation sites (tertiary alicyclic amines) is 1. The van der Waals surface area contributed by atoms with E-state index in [1.807, 2.05) is 18.2 Å². The largest absolute Gasteiger partial charge is 0.497 e. The molecule has 5 aliphatic rings. The number of amides is 1. The van der Waals surface area contributed by atoms with Crippen molar-refractivity contribution >= 4 is 11.6 Å². The van der Waals surface area contributed by atoms with Crippen molar-refractivity contribution in [3.63, 3.8) is 0 Å². The molecule has 28 heavy (non-hydrogen) atoms. The van der Waals surface area contributed by atoms with Gasteiger partial charge in [0.05, 0.1) is 32.6 Å². The van der Waals surface area contributed by atoms with Crippen molar-refractivity contribution in [2.24, 2.45) is 11.8 Å². The van der Waals surface area contributed by atoms with Crippen LogP contribution >= 0.6 is 0 Å². The maximum Gasteiger partial charge on any atom is 0.264 e. The molecule has 4 aliphatic heterocycles. The third-order valence-electron chi connectivity index (χ3n) is 7.55. The first kappa shape index (κ1) is 18.2. The summed E-state index contributed by atoms with van der Waals surface area (Å²) in [5.74, 6) is 1.64. The minimum atomic E-state index is -0.705. The molecule has 5 unspecified atom stereocenters. The van der Waals surface area contributed by atoms with Crippen LogP contribution in [0.3, 0.4) is 0 Å². The molecule has 150 valence electrons. The number of hydrogen-bond donors (Lipinski definition) is 0. The molecule has 4 bridgehead atoms. The summed E-state index contributed by atoms with van der Waals surface area (Å²) in [6.07, 6.45) is 3.79. The average molecular weight is 384 g/mol. The summed E-state index contributed by atoms with van der Waals surface area (Å²) < 4.78 is 11.8. The molecule has 0 aromatic heterocycles. The molecule has 6 heteroatoms. The number of likely N-dealkylation sites (N-methyl/N-ethyl adjacent to an activating group) is 1. The quantitative estimate of drug-likeness (QED) is 0.734. The smallest absolute Gasteiger partial charge is 0.264 e. The second kappa shape index (κ2) is 6.31. The van der Waals surface area contributed by atoms with E-state index < -0.39 is 5.41 Å². The normalized spacial score (nSPS) is 38.2. The van der Waals surface area contributed by atoms with Crippen molar-refractivity contribution in [2.75, 3.05) is 39.5 Å². The molecule has 1 spiro atoms. The van der Waals surface area contributed by atoms with Crippen LogP contribution in [-0.4, -0.2) is 57.4 Å². The number of hydrogen-bond acceptors (Lipinski definition) is 5. The second-order valence-corrected chi connectivity index (χ2v) is 8.51. The molecule has 1 aromatic carbocycles. The van der Waals surface area contributed by atoms with Gasteiger partial charge in [0.2, 0.25) is 0 Å². The Hall–Kier alpha value is -1.89. The van der Waals surface area contributed by atoms with Gasteiger partial charge >= 0.3 is 0 Å². The highest BCUT2D eigenvalue weighted by molar-refractivity contribution is 6.07. The van der Waals surface area contributed by atoms with E-state index in [1.165, 1.54) is 10.6 Å². The Labute approximate surface area is 166 Å². The van der Waals surface area contributed by atoms with Gasteiger partial charge in [-0.1, -0.05) is 17.7 Å². The zero-order valence-corrected chi connectivity index (χ0v) is 17.0. The number of nitrogens with zero attached hydrogens (tertiary/aromatic N) is 2. The number of ether oxygens (including phenoxy) is 2. The Morgan fingerprint density at radius 1 is 1.32 bits per heavy atom. The number of rotatable bonds is 2. The van der Waals surface area contributed by atoms with Crippen molar-refractivity contribution < 1.29 is 19.1 Å². The van der Waals surface area contributed by atoms with Gasteiger partial charge in [0.25, 0.3) is 5.91 Å². The van der Waals surface area contributed by atoms with Crippen molar-refractivity contribution in [2.45, 2.75) is 37.3 Å². The number of anilines is 1. The monoisotopic (exact) mass is 384 g/mol. The minimum absolute atomic E-state index is 0.00752. The second-order valence-electron chi connectivity index (χ2n) is 8.51. The number of hydroxylamine groups is 1. The molecule has 1 aliphatic carbocycles. The molecule has 4 fully saturated rings. The Morgan fingerprint density at radius 3 is 2.86 bits per heavy atom. The number of carbonyl (C=O) groups excluding carboxylic acids is 1. The van der Waals surface area contributed by atoms with Gasteiger partial charge in [0, 0.05) is 24.6 Å². The highest BCUT2D eigenvalue weighted by Crippen LogP contribution is 2.57. The SMILES string of the molecule is CC=C1CN(C)C2CC3(C(=O)N(OC)c4cc(OC)ccc43)C3CC1C2CO3. The number of carbonyl (C=O) groups is 1. The van der Waals surface area contributed by atoms with Crippen molar-refractivity contribution in [3.8, 4) is 5.75 Å². The maximum absolute atomic E-state index is 13.8. The van der Waals surface area contributed by atoms with Crippen molar-refractivity contribution in [1.82, 2.24) is 4.90 Å². The summed E-state index contributed by atoms with van der Waals surface area (Å²) in [6, 6.07) is 6.19. The summed E-state index contributed by atoms with van der Waals surface area (Å²) in [5.41, 5.74) is 2.57. The van der Waals surface area contributed by atoms with Crippen LogP contribution in [0.1, 0.15) is 25.3 Å². The van der Waals surface area contributed by atoms with Gasteiger partial charge in [-0.25, -0.2) is 0 Å².